The summed E-state index contributed by atoms with van der Waals surface area (Å²) >= 11 is 0. The molecule has 4 aromatic rings. The zero-order valence-electron chi connectivity index (χ0n) is 17.5. The molecule has 0 saturated heterocycles. The number of hydrogen-bond acceptors (Lipinski definition) is 1. The van der Waals surface area contributed by atoms with Gasteiger partial charge in [-0.05, 0) is 45.0 Å². The maximum atomic E-state index is 7.66. The van der Waals surface area contributed by atoms with Gasteiger partial charge in [0.1, 0.15) is 23.6 Å². The minimum atomic E-state index is 0.317. The van der Waals surface area contributed by atoms with Crippen molar-refractivity contribution in [1.82, 2.24) is 9.67 Å². The largest absolute Gasteiger partial charge is 0.300 e. The first-order valence-electron chi connectivity index (χ1n) is 9.79. The van der Waals surface area contributed by atoms with Gasteiger partial charge in [0.2, 0.25) is 5.69 Å². The number of para-hydroxylation sites is 1. The van der Waals surface area contributed by atoms with Crippen molar-refractivity contribution in [3.63, 3.8) is 0 Å². The average Bonchev–Trinajstić information content (AvgIpc) is 3.01. The first-order chi connectivity index (χ1) is 13.9. The average molecular weight is 383 g/mol. The van der Waals surface area contributed by atoms with E-state index in [1.54, 1.807) is 6.20 Å². The van der Waals surface area contributed by atoms with Crippen molar-refractivity contribution >= 4 is 16.6 Å². The van der Waals surface area contributed by atoms with Crippen LogP contribution in [-0.2, 0) is 7.05 Å². The number of hydrogen-bond donors (Lipinski definition) is 0. The minimum Gasteiger partial charge on any atom is -0.238 e. The van der Waals surface area contributed by atoms with E-state index in [1.807, 2.05) is 31.3 Å². The molecular formula is C24H25N5+2. The zero-order valence-corrected chi connectivity index (χ0v) is 17.5. The van der Waals surface area contributed by atoms with E-state index in [0.29, 0.717) is 11.7 Å². The third kappa shape index (κ3) is 2.98. The SMILES string of the molecule is [C-]#[N+]c1cc(-c2c3ccccc3n(C(C)C)[n+]2C)c(C)c(-[n+]2cccnc2C)c1. The normalized spacial score (nSPS) is 11.2. The smallest absolute Gasteiger partial charge is 0.238 e. The van der Waals surface area contributed by atoms with E-state index in [4.69, 9.17) is 6.57 Å². The van der Waals surface area contributed by atoms with Crippen LogP contribution in [0.5, 0.6) is 0 Å². The Balaban J connectivity index is 2.11. The highest BCUT2D eigenvalue weighted by atomic mass is 15.4. The lowest BCUT2D eigenvalue weighted by Gasteiger charge is -2.10. The molecule has 2 heterocycles. The van der Waals surface area contributed by atoms with Gasteiger partial charge in [-0.2, -0.15) is 4.68 Å². The lowest BCUT2D eigenvalue weighted by Crippen LogP contribution is -2.41. The fourth-order valence-corrected chi connectivity index (χ4v) is 4.21. The number of benzene rings is 2. The molecular weight excluding hydrogens is 358 g/mol. The van der Waals surface area contributed by atoms with Gasteiger partial charge in [0.05, 0.1) is 18.0 Å². The van der Waals surface area contributed by atoms with E-state index in [0.717, 1.165) is 28.3 Å². The summed E-state index contributed by atoms with van der Waals surface area (Å²) in [6.07, 6.45) is 3.79. The van der Waals surface area contributed by atoms with Gasteiger partial charge in [0.25, 0.3) is 5.82 Å². The van der Waals surface area contributed by atoms with Gasteiger partial charge in [-0.1, -0.05) is 17.1 Å². The van der Waals surface area contributed by atoms with Crippen molar-refractivity contribution in [1.29, 1.82) is 0 Å². The second kappa shape index (κ2) is 7.14. The van der Waals surface area contributed by atoms with Gasteiger partial charge in [-0.15, -0.1) is 4.68 Å². The van der Waals surface area contributed by atoms with Gasteiger partial charge >= 0.3 is 0 Å². The molecule has 0 aliphatic rings. The molecule has 5 heteroatoms. The summed E-state index contributed by atoms with van der Waals surface area (Å²) in [6.45, 7) is 16.2. The fraction of sp³-hybridized carbons (Fsp3) is 0.250. The van der Waals surface area contributed by atoms with Gasteiger partial charge < -0.3 is 0 Å². The Morgan fingerprint density at radius 3 is 2.55 bits per heavy atom. The van der Waals surface area contributed by atoms with Crippen LogP contribution in [0.25, 0.3) is 32.7 Å². The fourth-order valence-electron chi connectivity index (χ4n) is 4.21. The van der Waals surface area contributed by atoms with Crippen LogP contribution in [0.1, 0.15) is 31.3 Å². The van der Waals surface area contributed by atoms with E-state index >= 15 is 0 Å². The van der Waals surface area contributed by atoms with Crippen LogP contribution >= 0.6 is 0 Å². The number of aromatic nitrogens is 4. The number of rotatable bonds is 3. The number of nitrogens with zero attached hydrogens (tertiary/aromatic N) is 5. The molecule has 0 unspecified atom stereocenters. The van der Waals surface area contributed by atoms with Crippen LogP contribution in [0.2, 0.25) is 0 Å². The second-order valence-electron chi connectivity index (χ2n) is 7.61. The number of aryl methyl sites for hydroxylation is 1. The summed E-state index contributed by atoms with van der Waals surface area (Å²) in [5.74, 6) is 0.887. The highest BCUT2D eigenvalue weighted by molar-refractivity contribution is 5.93. The van der Waals surface area contributed by atoms with Crippen LogP contribution in [0.4, 0.5) is 5.69 Å². The summed E-state index contributed by atoms with van der Waals surface area (Å²) in [5.41, 5.74) is 6.13. The molecule has 29 heavy (non-hydrogen) atoms. The Hall–Kier alpha value is -3.52. The summed E-state index contributed by atoms with van der Waals surface area (Å²) < 4.78 is 6.57. The molecule has 0 amide bonds. The van der Waals surface area contributed by atoms with Crippen LogP contribution in [0.15, 0.2) is 54.9 Å². The van der Waals surface area contributed by atoms with Gasteiger partial charge in [-0.25, -0.2) is 9.41 Å². The quantitative estimate of drug-likeness (QED) is 0.377. The van der Waals surface area contributed by atoms with E-state index < -0.39 is 0 Å². The minimum absolute atomic E-state index is 0.317. The van der Waals surface area contributed by atoms with Crippen LogP contribution < -0.4 is 9.25 Å². The molecule has 0 saturated carbocycles. The first-order valence-corrected chi connectivity index (χ1v) is 9.79. The van der Waals surface area contributed by atoms with Crippen molar-refractivity contribution in [3.8, 4) is 16.9 Å². The molecule has 144 valence electrons. The zero-order chi connectivity index (χ0) is 20.7. The van der Waals surface area contributed by atoms with Crippen LogP contribution in [0.3, 0.4) is 0 Å². The highest BCUT2D eigenvalue weighted by Crippen LogP contribution is 2.34. The summed E-state index contributed by atoms with van der Waals surface area (Å²) in [5, 5.41) is 1.19. The van der Waals surface area contributed by atoms with Crippen molar-refractivity contribution in [2.45, 2.75) is 33.7 Å². The summed E-state index contributed by atoms with van der Waals surface area (Å²) in [4.78, 5) is 8.19. The van der Waals surface area contributed by atoms with Crippen LogP contribution in [0, 0.1) is 20.4 Å². The number of fused-ring (bicyclic) bond motifs is 1. The molecule has 4 rings (SSSR count). The van der Waals surface area contributed by atoms with E-state index in [9.17, 15) is 0 Å². The monoisotopic (exact) mass is 383 g/mol. The summed E-state index contributed by atoms with van der Waals surface area (Å²) in [6, 6.07) is 14.7. The molecule has 2 aromatic carbocycles. The first kappa shape index (κ1) is 18.8. The van der Waals surface area contributed by atoms with Gasteiger partial charge in [0.15, 0.2) is 12.7 Å². The van der Waals surface area contributed by atoms with Crippen molar-refractivity contribution in [2.24, 2.45) is 7.05 Å². The molecule has 0 aliphatic carbocycles. The standard InChI is InChI=1S/C24H25N5/c1-16(2)29-22-11-8-7-10-20(22)24(27(29)6)21-14-19(25-5)15-23(17(21)3)28-13-9-12-26-18(28)4/h7-16H,1-4,6H3/q+2. The predicted molar refractivity (Wildman–Crippen MR) is 114 cm³/mol. The van der Waals surface area contributed by atoms with E-state index in [2.05, 4.69) is 75.8 Å². The molecule has 0 atom stereocenters. The van der Waals surface area contributed by atoms with Crippen molar-refractivity contribution in [2.75, 3.05) is 0 Å². The Morgan fingerprint density at radius 1 is 1.10 bits per heavy atom. The highest BCUT2D eigenvalue weighted by Gasteiger charge is 2.28. The molecule has 5 nitrogen and oxygen atoms in total. The van der Waals surface area contributed by atoms with Gasteiger partial charge in [-0.3, -0.25) is 0 Å². The molecule has 0 N–H and O–H groups in total. The second-order valence-corrected chi connectivity index (χ2v) is 7.61. The third-order valence-electron chi connectivity index (χ3n) is 5.48. The maximum absolute atomic E-state index is 7.66. The summed E-state index contributed by atoms with van der Waals surface area (Å²) in [7, 11) is 2.10. The predicted octanol–water partition coefficient (Wildman–Crippen LogP) is 4.55. The molecule has 0 spiro atoms. The molecule has 2 aromatic heterocycles. The lowest BCUT2D eigenvalue weighted by molar-refractivity contribution is -0.743. The van der Waals surface area contributed by atoms with Crippen molar-refractivity contribution in [3.05, 3.63) is 77.7 Å². The van der Waals surface area contributed by atoms with Gasteiger partial charge in [0, 0.05) is 24.1 Å². The molecule has 0 bridgehead atoms. The van der Waals surface area contributed by atoms with E-state index in [-0.39, 0.29) is 0 Å². The Labute approximate surface area is 171 Å². The molecule has 0 fully saturated rings. The topological polar surface area (TPSA) is 29.9 Å². The third-order valence-corrected chi connectivity index (χ3v) is 5.48. The Bertz CT molecular complexity index is 1270. The van der Waals surface area contributed by atoms with Crippen molar-refractivity contribution < 1.29 is 9.25 Å². The Kier molecular flexibility index (Phi) is 4.63. The van der Waals surface area contributed by atoms with Crippen LogP contribution in [-0.4, -0.2) is 9.67 Å². The molecule has 0 radical (unpaired) electrons. The molecule has 0 aliphatic heterocycles. The van der Waals surface area contributed by atoms with E-state index in [1.165, 1.54) is 10.9 Å². The maximum Gasteiger partial charge on any atom is 0.300 e. The Morgan fingerprint density at radius 2 is 1.86 bits per heavy atom. The lowest BCUT2D eigenvalue weighted by atomic mass is 9.99.